The lowest BCUT2D eigenvalue weighted by Gasteiger charge is -2.57. The van der Waals surface area contributed by atoms with Crippen molar-refractivity contribution >= 4 is 16.7 Å². The van der Waals surface area contributed by atoms with E-state index >= 15 is 0 Å². The van der Waals surface area contributed by atoms with Crippen LogP contribution in [0, 0.1) is 5.92 Å². The normalized spacial score (nSPS) is 24.0. The molecule has 2 aliphatic rings. The highest BCUT2D eigenvalue weighted by Crippen LogP contribution is 2.39. The molecule has 3 heterocycles. The van der Waals surface area contributed by atoms with E-state index in [2.05, 4.69) is 23.7 Å². The molecule has 1 spiro atoms. The van der Waals surface area contributed by atoms with Crippen LogP contribution in [-0.4, -0.2) is 52.4 Å². The average molecular weight is 337 g/mol. The summed E-state index contributed by atoms with van der Waals surface area (Å²) in [6, 6.07) is 10.0. The number of carbonyl (C=O) groups is 1. The van der Waals surface area contributed by atoms with Gasteiger partial charge >= 0.3 is 0 Å². The van der Waals surface area contributed by atoms with Gasteiger partial charge in [-0.3, -0.25) is 14.7 Å². The maximum Gasteiger partial charge on any atom is 0.273 e. The lowest BCUT2D eigenvalue weighted by Crippen LogP contribution is -2.68. The standard InChI is InChI=1S/C21H27N3O/c1-16(2)14-24-13-10-21(24)9-5-12-23(15-21)20(25)19-18-7-4-3-6-17(18)8-11-22-19/h3-4,6-8,11,16H,5,9-10,12-15H2,1-2H3. The van der Waals surface area contributed by atoms with E-state index in [4.69, 9.17) is 0 Å². The zero-order valence-electron chi connectivity index (χ0n) is 15.2. The second kappa shape index (κ2) is 6.41. The van der Waals surface area contributed by atoms with Gasteiger partial charge in [0.2, 0.25) is 0 Å². The number of piperidine rings is 1. The van der Waals surface area contributed by atoms with Crippen molar-refractivity contribution in [3.05, 3.63) is 42.2 Å². The van der Waals surface area contributed by atoms with Crippen LogP contribution in [0.1, 0.15) is 43.6 Å². The van der Waals surface area contributed by atoms with E-state index in [0.717, 1.165) is 36.8 Å². The van der Waals surface area contributed by atoms with Gasteiger partial charge in [0.15, 0.2) is 0 Å². The molecule has 0 aliphatic carbocycles. The summed E-state index contributed by atoms with van der Waals surface area (Å²) in [6.45, 7) is 8.56. The summed E-state index contributed by atoms with van der Waals surface area (Å²) in [6.07, 6.45) is 5.27. The third kappa shape index (κ3) is 2.93. The largest absolute Gasteiger partial charge is 0.335 e. The van der Waals surface area contributed by atoms with Crippen LogP contribution in [0.4, 0.5) is 0 Å². The van der Waals surface area contributed by atoms with E-state index < -0.39 is 0 Å². The number of likely N-dealkylation sites (tertiary alicyclic amines) is 2. The minimum Gasteiger partial charge on any atom is -0.335 e. The van der Waals surface area contributed by atoms with Crippen LogP contribution in [0.5, 0.6) is 0 Å². The first-order chi connectivity index (χ1) is 12.1. The summed E-state index contributed by atoms with van der Waals surface area (Å²) < 4.78 is 0. The molecular weight excluding hydrogens is 310 g/mol. The first-order valence-corrected chi connectivity index (χ1v) is 9.47. The molecule has 4 heteroatoms. The van der Waals surface area contributed by atoms with Gasteiger partial charge in [0.25, 0.3) is 5.91 Å². The molecule has 132 valence electrons. The molecule has 1 aromatic heterocycles. The van der Waals surface area contributed by atoms with E-state index in [-0.39, 0.29) is 11.4 Å². The fraction of sp³-hybridized carbons (Fsp3) is 0.524. The van der Waals surface area contributed by atoms with Gasteiger partial charge < -0.3 is 4.90 Å². The van der Waals surface area contributed by atoms with Crippen LogP contribution < -0.4 is 0 Å². The number of aromatic nitrogens is 1. The molecule has 0 radical (unpaired) electrons. The Balaban J connectivity index is 1.58. The molecule has 1 amide bonds. The number of hydrogen-bond donors (Lipinski definition) is 0. The molecule has 4 rings (SSSR count). The number of hydrogen-bond acceptors (Lipinski definition) is 3. The van der Waals surface area contributed by atoms with Crippen molar-refractivity contribution < 1.29 is 4.79 Å². The van der Waals surface area contributed by atoms with E-state index in [9.17, 15) is 4.79 Å². The summed E-state index contributed by atoms with van der Waals surface area (Å²) in [4.78, 5) is 22.3. The smallest absolute Gasteiger partial charge is 0.273 e. The Morgan fingerprint density at radius 1 is 1.20 bits per heavy atom. The Hall–Kier alpha value is -1.94. The molecule has 1 atom stereocenters. The number of nitrogens with zero attached hydrogens (tertiary/aromatic N) is 3. The van der Waals surface area contributed by atoms with Crippen LogP contribution in [-0.2, 0) is 0 Å². The first-order valence-electron chi connectivity index (χ1n) is 9.47. The van der Waals surface area contributed by atoms with Gasteiger partial charge in [0.1, 0.15) is 5.69 Å². The molecule has 2 aliphatic heterocycles. The van der Waals surface area contributed by atoms with Crippen LogP contribution in [0.2, 0.25) is 0 Å². The highest BCUT2D eigenvalue weighted by atomic mass is 16.2. The highest BCUT2D eigenvalue weighted by Gasteiger charge is 2.48. The molecule has 4 nitrogen and oxygen atoms in total. The molecule has 1 aromatic carbocycles. The Labute approximate surface area is 149 Å². The van der Waals surface area contributed by atoms with Crippen molar-refractivity contribution in [3.8, 4) is 0 Å². The predicted molar refractivity (Wildman–Crippen MR) is 101 cm³/mol. The van der Waals surface area contributed by atoms with Gasteiger partial charge in [-0.2, -0.15) is 0 Å². The van der Waals surface area contributed by atoms with Crippen molar-refractivity contribution in [1.29, 1.82) is 0 Å². The Morgan fingerprint density at radius 3 is 2.80 bits per heavy atom. The number of carbonyl (C=O) groups excluding carboxylic acids is 1. The minimum absolute atomic E-state index is 0.0901. The summed E-state index contributed by atoms with van der Waals surface area (Å²) >= 11 is 0. The van der Waals surface area contributed by atoms with E-state index in [0.29, 0.717) is 11.6 Å². The van der Waals surface area contributed by atoms with E-state index in [1.54, 1.807) is 6.20 Å². The fourth-order valence-corrected chi connectivity index (χ4v) is 4.50. The fourth-order valence-electron chi connectivity index (χ4n) is 4.50. The third-order valence-electron chi connectivity index (χ3n) is 5.82. The summed E-state index contributed by atoms with van der Waals surface area (Å²) in [5.41, 5.74) is 0.813. The van der Waals surface area contributed by atoms with Gasteiger partial charge in [-0.1, -0.05) is 38.1 Å². The van der Waals surface area contributed by atoms with Crippen LogP contribution in [0.15, 0.2) is 36.5 Å². The maximum atomic E-state index is 13.2. The second-order valence-corrected chi connectivity index (χ2v) is 8.03. The molecule has 2 aromatic rings. The number of rotatable bonds is 3. The van der Waals surface area contributed by atoms with Crippen LogP contribution in [0.25, 0.3) is 10.8 Å². The summed E-state index contributed by atoms with van der Waals surface area (Å²) in [7, 11) is 0. The van der Waals surface area contributed by atoms with Gasteiger partial charge in [-0.05, 0) is 36.6 Å². The van der Waals surface area contributed by atoms with Gasteiger partial charge in [0.05, 0.1) is 0 Å². The molecule has 0 N–H and O–H groups in total. The zero-order chi connectivity index (χ0) is 17.4. The van der Waals surface area contributed by atoms with Crippen molar-refractivity contribution in [2.75, 3.05) is 26.2 Å². The SMILES string of the molecule is CC(C)CN1CCC12CCCN(C(=O)c1nccc3ccccc13)C2. The summed E-state index contributed by atoms with van der Waals surface area (Å²) in [5.74, 6) is 0.759. The van der Waals surface area contributed by atoms with Crippen molar-refractivity contribution in [1.82, 2.24) is 14.8 Å². The number of amides is 1. The summed E-state index contributed by atoms with van der Waals surface area (Å²) in [5, 5.41) is 2.04. The molecule has 2 fully saturated rings. The monoisotopic (exact) mass is 337 g/mol. The molecule has 2 saturated heterocycles. The van der Waals surface area contributed by atoms with E-state index in [1.807, 2.05) is 35.2 Å². The highest BCUT2D eigenvalue weighted by molar-refractivity contribution is 6.05. The maximum absolute atomic E-state index is 13.2. The van der Waals surface area contributed by atoms with Gasteiger partial charge in [0, 0.05) is 43.3 Å². The molecule has 25 heavy (non-hydrogen) atoms. The van der Waals surface area contributed by atoms with Crippen molar-refractivity contribution in [2.24, 2.45) is 5.92 Å². The van der Waals surface area contributed by atoms with E-state index in [1.165, 1.54) is 19.4 Å². The zero-order valence-corrected chi connectivity index (χ0v) is 15.2. The minimum atomic E-state index is 0.0901. The number of fused-ring (bicyclic) bond motifs is 1. The van der Waals surface area contributed by atoms with Crippen LogP contribution in [0.3, 0.4) is 0 Å². The quantitative estimate of drug-likeness (QED) is 0.859. The van der Waals surface area contributed by atoms with Gasteiger partial charge in [-0.15, -0.1) is 0 Å². The molecule has 0 saturated carbocycles. The predicted octanol–water partition coefficient (Wildman–Crippen LogP) is 3.57. The van der Waals surface area contributed by atoms with Crippen molar-refractivity contribution in [3.63, 3.8) is 0 Å². The van der Waals surface area contributed by atoms with Gasteiger partial charge in [-0.25, -0.2) is 0 Å². The topological polar surface area (TPSA) is 36.4 Å². The molecule has 0 bridgehead atoms. The number of benzene rings is 1. The third-order valence-corrected chi connectivity index (χ3v) is 5.82. The average Bonchev–Trinajstić information content (AvgIpc) is 2.64. The lowest BCUT2D eigenvalue weighted by molar-refractivity contribution is -0.0648. The Morgan fingerprint density at radius 2 is 2.04 bits per heavy atom. The van der Waals surface area contributed by atoms with Crippen LogP contribution >= 0.6 is 0 Å². The first kappa shape index (κ1) is 16.5. The lowest BCUT2D eigenvalue weighted by atomic mass is 9.77. The second-order valence-electron chi connectivity index (χ2n) is 8.03. The molecular formula is C21H27N3O. The van der Waals surface area contributed by atoms with Crippen molar-refractivity contribution in [2.45, 2.75) is 38.6 Å². The Kier molecular flexibility index (Phi) is 4.24. The number of pyridine rings is 1. The Bertz CT molecular complexity index is 782. The molecule has 1 unspecified atom stereocenters.